The standard InChI is InChI=1S/C13H15NO3S/c1-9-12(17)14(8-7-11(15)16)13(18-9)10-5-3-2-4-6-10/h2-6,9,13H,7-8H2,1H3,(H,15,16). The van der Waals surface area contributed by atoms with E-state index in [1.54, 1.807) is 16.7 Å². The fourth-order valence-corrected chi connectivity index (χ4v) is 3.30. The summed E-state index contributed by atoms with van der Waals surface area (Å²) < 4.78 is 0. The maximum atomic E-state index is 12.0. The van der Waals surface area contributed by atoms with Crippen LogP contribution in [0.5, 0.6) is 0 Å². The summed E-state index contributed by atoms with van der Waals surface area (Å²) in [7, 11) is 0. The summed E-state index contributed by atoms with van der Waals surface area (Å²) in [6, 6.07) is 9.72. The molecule has 0 radical (unpaired) electrons. The molecule has 2 rings (SSSR count). The molecule has 0 spiro atoms. The first kappa shape index (κ1) is 13.0. The zero-order valence-electron chi connectivity index (χ0n) is 10.1. The van der Waals surface area contributed by atoms with Gasteiger partial charge < -0.3 is 10.0 Å². The van der Waals surface area contributed by atoms with Gasteiger partial charge in [0.2, 0.25) is 5.91 Å². The van der Waals surface area contributed by atoms with Crippen molar-refractivity contribution < 1.29 is 14.7 Å². The first-order valence-corrected chi connectivity index (χ1v) is 6.76. The van der Waals surface area contributed by atoms with Gasteiger partial charge in [0.25, 0.3) is 0 Å². The molecular formula is C13H15NO3S. The summed E-state index contributed by atoms with van der Waals surface area (Å²) in [6.07, 6.45) is -0.0116. The second kappa shape index (κ2) is 5.44. The highest BCUT2D eigenvalue weighted by atomic mass is 32.2. The van der Waals surface area contributed by atoms with Crippen LogP contribution in [0, 0.1) is 0 Å². The van der Waals surface area contributed by atoms with Crippen LogP contribution in [-0.4, -0.2) is 33.7 Å². The van der Waals surface area contributed by atoms with Gasteiger partial charge in [-0.1, -0.05) is 30.3 Å². The first-order valence-electron chi connectivity index (χ1n) is 5.82. The third-order valence-electron chi connectivity index (χ3n) is 2.90. The number of nitrogens with zero attached hydrogens (tertiary/aromatic N) is 1. The van der Waals surface area contributed by atoms with E-state index < -0.39 is 5.97 Å². The van der Waals surface area contributed by atoms with Crippen molar-refractivity contribution in [3.8, 4) is 0 Å². The molecule has 2 unspecified atom stereocenters. The molecule has 1 N–H and O–H groups in total. The molecule has 1 aliphatic heterocycles. The van der Waals surface area contributed by atoms with Gasteiger partial charge >= 0.3 is 5.97 Å². The van der Waals surface area contributed by atoms with Crippen LogP contribution in [0.1, 0.15) is 24.3 Å². The molecule has 1 aliphatic rings. The van der Waals surface area contributed by atoms with E-state index in [9.17, 15) is 9.59 Å². The maximum Gasteiger partial charge on any atom is 0.305 e. The lowest BCUT2D eigenvalue weighted by atomic mass is 10.2. The molecular weight excluding hydrogens is 250 g/mol. The normalized spacial score (nSPS) is 23.4. The summed E-state index contributed by atoms with van der Waals surface area (Å²) in [6.45, 7) is 2.13. The monoisotopic (exact) mass is 265 g/mol. The largest absolute Gasteiger partial charge is 0.481 e. The van der Waals surface area contributed by atoms with Gasteiger partial charge in [-0.15, -0.1) is 11.8 Å². The lowest BCUT2D eigenvalue weighted by Gasteiger charge is -2.23. The van der Waals surface area contributed by atoms with E-state index in [1.165, 1.54) is 0 Å². The zero-order chi connectivity index (χ0) is 13.1. The van der Waals surface area contributed by atoms with E-state index >= 15 is 0 Å². The van der Waals surface area contributed by atoms with Gasteiger partial charge in [-0.2, -0.15) is 0 Å². The molecule has 0 saturated carbocycles. The number of carbonyl (C=O) groups excluding carboxylic acids is 1. The molecule has 5 heteroatoms. The van der Waals surface area contributed by atoms with Crippen LogP contribution in [0.3, 0.4) is 0 Å². The Morgan fingerprint density at radius 3 is 2.67 bits per heavy atom. The molecule has 18 heavy (non-hydrogen) atoms. The van der Waals surface area contributed by atoms with E-state index in [0.717, 1.165) is 5.56 Å². The van der Waals surface area contributed by atoms with E-state index in [1.807, 2.05) is 37.3 Å². The van der Waals surface area contributed by atoms with Crippen LogP contribution in [-0.2, 0) is 9.59 Å². The Kier molecular flexibility index (Phi) is 3.91. The van der Waals surface area contributed by atoms with Crippen molar-refractivity contribution >= 4 is 23.6 Å². The number of carbonyl (C=O) groups is 2. The van der Waals surface area contributed by atoms with Crippen molar-refractivity contribution in [3.63, 3.8) is 0 Å². The topological polar surface area (TPSA) is 57.6 Å². The van der Waals surface area contributed by atoms with Crippen molar-refractivity contribution in [3.05, 3.63) is 35.9 Å². The number of hydrogen-bond acceptors (Lipinski definition) is 3. The number of amides is 1. The number of thioether (sulfide) groups is 1. The van der Waals surface area contributed by atoms with E-state index in [4.69, 9.17) is 5.11 Å². The second-order valence-electron chi connectivity index (χ2n) is 4.22. The van der Waals surface area contributed by atoms with Crippen LogP contribution in [0.4, 0.5) is 0 Å². The molecule has 0 bridgehead atoms. The number of benzene rings is 1. The number of carboxylic acids is 1. The van der Waals surface area contributed by atoms with Crippen LogP contribution in [0.25, 0.3) is 0 Å². The Morgan fingerprint density at radius 2 is 2.06 bits per heavy atom. The second-order valence-corrected chi connectivity index (χ2v) is 5.64. The Bertz CT molecular complexity index is 449. The van der Waals surface area contributed by atoms with Crippen molar-refractivity contribution in [2.75, 3.05) is 6.54 Å². The average Bonchev–Trinajstić information content (AvgIpc) is 2.64. The minimum atomic E-state index is -0.876. The number of hydrogen-bond donors (Lipinski definition) is 1. The Morgan fingerprint density at radius 1 is 1.39 bits per heavy atom. The molecule has 1 aromatic carbocycles. The molecule has 2 atom stereocenters. The van der Waals surface area contributed by atoms with Crippen LogP contribution < -0.4 is 0 Å². The van der Waals surface area contributed by atoms with Crippen LogP contribution >= 0.6 is 11.8 Å². The molecule has 1 aromatic rings. The highest BCUT2D eigenvalue weighted by Gasteiger charge is 2.38. The summed E-state index contributed by atoms with van der Waals surface area (Å²) in [5, 5.41) is 8.57. The highest BCUT2D eigenvalue weighted by Crippen LogP contribution is 2.42. The Balaban J connectivity index is 2.17. The van der Waals surface area contributed by atoms with Gasteiger partial charge in [-0.3, -0.25) is 9.59 Å². The summed E-state index contributed by atoms with van der Waals surface area (Å²) in [5.74, 6) is -0.853. The zero-order valence-corrected chi connectivity index (χ0v) is 10.9. The minimum Gasteiger partial charge on any atom is -0.481 e. The molecule has 0 aliphatic carbocycles. The molecule has 0 aromatic heterocycles. The van der Waals surface area contributed by atoms with Crippen LogP contribution in [0.15, 0.2) is 30.3 Å². The predicted octanol–water partition coefficient (Wildman–Crippen LogP) is 2.12. The molecule has 96 valence electrons. The van der Waals surface area contributed by atoms with Gasteiger partial charge in [0, 0.05) is 6.54 Å². The number of carboxylic acid groups (broad SMARTS) is 1. The predicted molar refractivity (Wildman–Crippen MR) is 70.2 cm³/mol. The Hall–Kier alpha value is -1.49. The molecule has 4 nitrogen and oxygen atoms in total. The molecule has 1 amide bonds. The quantitative estimate of drug-likeness (QED) is 0.906. The van der Waals surface area contributed by atoms with Crippen molar-refractivity contribution in [1.29, 1.82) is 0 Å². The maximum absolute atomic E-state index is 12.0. The lowest BCUT2D eigenvalue weighted by molar-refractivity contribution is -0.138. The summed E-state index contributed by atoms with van der Waals surface area (Å²) >= 11 is 1.57. The fraction of sp³-hybridized carbons (Fsp3) is 0.385. The van der Waals surface area contributed by atoms with E-state index in [-0.39, 0.29) is 29.5 Å². The van der Waals surface area contributed by atoms with Crippen LogP contribution in [0.2, 0.25) is 0 Å². The molecule has 1 heterocycles. The SMILES string of the molecule is CC1SC(c2ccccc2)N(CCC(=O)O)C1=O. The number of rotatable bonds is 4. The van der Waals surface area contributed by atoms with E-state index in [0.29, 0.717) is 0 Å². The third-order valence-corrected chi connectivity index (χ3v) is 4.29. The van der Waals surface area contributed by atoms with Crippen molar-refractivity contribution in [1.82, 2.24) is 4.90 Å². The number of aliphatic carboxylic acids is 1. The average molecular weight is 265 g/mol. The van der Waals surface area contributed by atoms with Gasteiger partial charge in [0.1, 0.15) is 5.37 Å². The molecule has 1 fully saturated rings. The Labute approximate surface area is 110 Å². The first-order chi connectivity index (χ1) is 8.59. The highest BCUT2D eigenvalue weighted by molar-refractivity contribution is 8.01. The lowest BCUT2D eigenvalue weighted by Crippen LogP contribution is -2.32. The smallest absolute Gasteiger partial charge is 0.305 e. The summed E-state index contributed by atoms with van der Waals surface area (Å²) in [4.78, 5) is 24.3. The van der Waals surface area contributed by atoms with E-state index in [2.05, 4.69) is 0 Å². The van der Waals surface area contributed by atoms with Gasteiger partial charge in [0.15, 0.2) is 0 Å². The van der Waals surface area contributed by atoms with Crippen molar-refractivity contribution in [2.45, 2.75) is 24.0 Å². The third kappa shape index (κ3) is 2.67. The van der Waals surface area contributed by atoms with Gasteiger partial charge in [-0.05, 0) is 12.5 Å². The van der Waals surface area contributed by atoms with Crippen molar-refractivity contribution in [2.24, 2.45) is 0 Å². The van der Waals surface area contributed by atoms with Gasteiger partial charge in [0.05, 0.1) is 11.7 Å². The molecule has 1 saturated heterocycles. The minimum absolute atomic E-state index is 0.0116. The van der Waals surface area contributed by atoms with Gasteiger partial charge in [-0.25, -0.2) is 0 Å². The summed E-state index contributed by atoms with van der Waals surface area (Å²) in [5.41, 5.74) is 1.05. The fourth-order valence-electron chi connectivity index (χ4n) is 1.99.